The van der Waals surface area contributed by atoms with Gasteiger partial charge in [0.1, 0.15) is 11.5 Å². The normalized spacial score (nSPS) is 23.3. The number of carbonyl (C=O) groups is 1. The summed E-state index contributed by atoms with van der Waals surface area (Å²) in [6, 6.07) is 5.99. The van der Waals surface area contributed by atoms with Crippen LogP contribution in [0.1, 0.15) is 43.7 Å². The van der Waals surface area contributed by atoms with E-state index < -0.39 is 0 Å². The molecule has 0 saturated carbocycles. The van der Waals surface area contributed by atoms with E-state index in [9.17, 15) is 4.79 Å². The van der Waals surface area contributed by atoms with Crippen molar-refractivity contribution >= 4 is 5.91 Å². The minimum Gasteiger partial charge on any atom is -0.497 e. The van der Waals surface area contributed by atoms with Crippen molar-refractivity contribution in [2.24, 2.45) is 5.92 Å². The van der Waals surface area contributed by atoms with Crippen LogP contribution in [0, 0.1) is 5.92 Å². The number of nitrogens with zero attached hydrogens (tertiary/aromatic N) is 1. The van der Waals surface area contributed by atoms with E-state index in [4.69, 9.17) is 9.47 Å². The smallest absolute Gasteiger partial charge is 0.223 e. The van der Waals surface area contributed by atoms with Crippen molar-refractivity contribution in [3.05, 3.63) is 35.9 Å². The van der Waals surface area contributed by atoms with E-state index >= 15 is 0 Å². The Bertz CT molecular complexity index is 596. The number of ether oxygens (including phenoxy) is 2. The predicted molar refractivity (Wildman–Crippen MR) is 89.7 cm³/mol. The summed E-state index contributed by atoms with van der Waals surface area (Å²) < 4.78 is 10.8. The highest BCUT2D eigenvalue weighted by molar-refractivity contribution is 5.77. The zero-order valence-electron chi connectivity index (χ0n) is 14.0. The van der Waals surface area contributed by atoms with Crippen LogP contribution in [-0.2, 0) is 4.79 Å². The van der Waals surface area contributed by atoms with Crippen molar-refractivity contribution in [3.8, 4) is 11.5 Å². The Labute approximate surface area is 138 Å². The van der Waals surface area contributed by atoms with Crippen LogP contribution >= 0.6 is 0 Å². The summed E-state index contributed by atoms with van der Waals surface area (Å²) in [5.41, 5.74) is 1.08. The molecule has 1 aliphatic carbocycles. The maximum atomic E-state index is 12.7. The highest BCUT2D eigenvalue weighted by atomic mass is 16.5. The van der Waals surface area contributed by atoms with Crippen molar-refractivity contribution < 1.29 is 14.3 Å². The number of benzene rings is 1. The summed E-state index contributed by atoms with van der Waals surface area (Å²) >= 11 is 0. The Hall–Kier alpha value is -1.97. The van der Waals surface area contributed by atoms with Gasteiger partial charge in [0.2, 0.25) is 5.91 Å². The number of methoxy groups -OCH3 is 2. The molecule has 1 heterocycles. The van der Waals surface area contributed by atoms with Gasteiger partial charge < -0.3 is 14.4 Å². The van der Waals surface area contributed by atoms with Gasteiger partial charge in [-0.3, -0.25) is 4.79 Å². The lowest BCUT2D eigenvalue weighted by Crippen LogP contribution is -2.31. The van der Waals surface area contributed by atoms with Crippen molar-refractivity contribution in [3.63, 3.8) is 0 Å². The number of rotatable bonds is 5. The Morgan fingerprint density at radius 2 is 2.13 bits per heavy atom. The largest absolute Gasteiger partial charge is 0.497 e. The molecule has 1 aromatic carbocycles. The standard InChI is InChI=1S/C19H25NO3/c1-22-15-9-10-16(18(13-15)23-2)17-8-5-11-20(17)19(21)12-14-6-3-4-7-14/h3,6,9-10,13-14,17H,4-5,7-8,11-12H2,1-2H3. The summed E-state index contributed by atoms with van der Waals surface area (Å²) in [5.74, 6) is 2.26. The third-order valence-corrected chi connectivity index (χ3v) is 4.92. The Balaban J connectivity index is 1.78. The first-order chi connectivity index (χ1) is 11.2. The van der Waals surface area contributed by atoms with Gasteiger partial charge in [-0.2, -0.15) is 0 Å². The molecule has 1 aliphatic heterocycles. The van der Waals surface area contributed by atoms with Crippen molar-refractivity contribution in [2.75, 3.05) is 20.8 Å². The van der Waals surface area contributed by atoms with E-state index in [0.717, 1.165) is 49.3 Å². The molecule has 4 heteroatoms. The van der Waals surface area contributed by atoms with Gasteiger partial charge in [-0.1, -0.05) is 12.2 Å². The Morgan fingerprint density at radius 3 is 2.83 bits per heavy atom. The SMILES string of the molecule is COc1ccc(C2CCCN2C(=O)CC2C=CCC2)c(OC)c1. The zero-order valence-corrected chi connectivity index (χ0v) is 14.0. The fourth-order valence-corrected chi connectivity index (χ4v) is 3.69. The molecule has 0 N–H and O–H groups in total. The molecule has 124 valence electrons. The molecular formula is C19H25NO3. The Kier molecular flexibility index (Phi) is 4.89. The van der Waals surface area contributed by atoms with Gasteiger partial charge in [-0.05, 0) is 43.7 Å². The van der Waals surface area contributed by atoms with Crippen LogP contribution in [0.15, 0.2) is 30.4 Å². The molecule has 1 aromatic rings. The molecular weight excluding hydrogens is 290 g/mol. The van der Waals surface area contributed by atoms with Gasteiger partial charge in [-0.25, -0.2) is 0 Å². The quantitative estimate of drug-likeness (QED) is 0.777. The molecule has 2 unspecified atom stereocenters. The van der Waals surface area contributed by atoms with Gasteiger partial charge in [0.15, 0.2) is 0 Å². The summed E-state index contributed by atoms with van der Waals surface area (Å²) in [6.07, 6.45) is 9.26. The third-order valence-electron chi connectivity index (χ3n) is 4.92. The molecule has 0 aromatic heterocycles. The van der Waals surface area contributed by atoms with Gasteiger partial charge in [0.05, 0.1) is 20.3 Å². The first-order valence-electron chi connectivity index (χ1n) is 8.41. The maximum Gasteiger partial charge on any atom is 0.223 e. The molecule has 0 bridgehead atoms. The van der Waals surface area contributed by atoms with E-state index in [0.29, 0.717) is 12.3 Å². The summed E-state index contributed by atoms with van der Waals surface area (Å²) in [6.45, 7) is 0.842. The van der Waals surface area contributed by atoms with Crippen molar-refractivity contribution in [2.45, 2.75) is 38.1 Å². The lowest BCUT2D eigenvalue weighted by atomic mass is 10.0. The van der Waals surface area contributed by atoms with E-state index in [1.54, 1.807) is 14.2 Å². The third kappa shape index (κ3) is 3.36. The predicted octanol–water partition coefficient (Wildman–Crippen LogP) is 3.72. The lowest BCUT2D eigenvalue weighted by Gasteiger charge is -2.27. The molecule has 0 radical (unpaired) electrons. The second-order valence-electron chi connectivity index (χ2n) is 6.32. The lowest BCUT2D eigenvalue weighted by molar-refractivity contribution is -0.132. The van der Waals surface area contributed by atoms with Crippen molar-refractivity contribution in [1.29, 1.82) is 0 Å². The molecule has 1 amide bonds. The van der Waals surface area contributed by atoms with Crippen LogP contribution in [0.5, 0.6) is 11.5 Å². The summed E-state index contributed by atoms with van der Waals surface area (Å²) in [4.78, 5) is 14.8. The molecule has 2 aliphatic rings. The fourth-order valence-electron chi connectivity index (χ4n) is 3.69. The number of likely N-dealkylation sites (tertiary alicyclic amines) is 1. The summed E-state index contributed by atoms with van der Waals surface area (Å²) in [5, 5.41) is 0. The number of allylic oxidation sites excluding steroid dienone is 2. The van der Waals surface area contributed by atoms with Crippen LogP contribution in [0.2, 0.25) is 0 Å². The average Bonchev–Trinajstić information content (AvgIpc) is 3.25. The highest BCUT2D eigenvalue weighted by Crippen LogP contribution is 2.39. The molecule has 2 atom stereocenters. The van der Waals surface area contributed by atoms with E-state index in [1.165, 1.54) is 0 Å². The summed E-state index contributed by atoms with van der Waals surface area (Å²) in [7, 11) is 3.32. The fraction of sp³-hybridized carbons (Fsp3) is 0.526. The van der Waals surface area contributed by atoms with Gasteiger partial charge >= 0.3 is 0 Å². The van der Waals surface area contributed by atoms with Gasteiger partial charge in [-0.15, -0.1) is 0 Å². The van der Waals surface area contributed by atoms with Crippen LogP contribution in [0.3, 0.4) is 0 Å². The topological polar surface area (TPSA) is 38.8 Å². The first kappa shape index (κ1) is 15.9. The molecule has 1 fully saturated rings. The first-order valence-corrected chi connectivity index (χ1v) is 8.41. The van der Waals surface area contributed by atoms with Crippen LogP contribution in [-0.4, -0.2) is 31.6 Å². The average molecular weight is 315 g/mol. The van der Waals surface area contributed by atoms with Crippen LogP contribution < -0.4 is 9.47 Å². The molecule has 4 nitrogen and oxygen atoms in total. The van der Waals surface area contributed by atoms with Gasteiger partial charge in [0.25, 0.3) is 0 Å². The number of carbonyl (C=O) groups excluding carboxylic acids is 1. The highest BCUT2D eigenvalue weighted by Gasteiger charge is 2.32. The minimum absolute atomic E-state index is 0.119. The molecule has 0 spiro atoms. The maximum absolute atomic E-state index is 12.7. The minimum atomic E-state index is 0.119. The second kappa shape index (κ2) is 7.07. The van der Waals surface area contributed by atoms with E-state index in [-0.39, 0.29) is 11.9 Å². The molecule has 3 rings (SSSR count). The Morgan fingerprint density at radius 1 is 1.26 bits per heavy atom. The number of hydrogen-bond donors (Lipinski definition) is 0. The van der Waals surface area contributed by atoms with E-state index in [2.05, 4.69) is 12.2 Å². The number of amides is 1. The monoisotopic (exact) mass is 315 g/mol. The molecule has 1 saturated heterocycles. The number of hydrogen-bond acceptors (Lipinski definition) is 3. The van der Waals surface area contributed by atoms with E-state index in [1.807, 2.05) is 23.1 Å². The zero-order chi connectivity index (χ0) is 16.2. The second-order valence-corrected chi connectivity index (χ2v) is 6.32. The van der Waals surface area contributed by atoms with Crippen LogP contribution in [0.4, 0.5) is 0 Å². The van der Waals surface area contributed by atoms with Gasteiger partial charge in [0, 0.05) is 24.6 Å². The van der Waals surface area contributed by atoms with Crippen LogP contribution in [0.25, 0.3) is 0 Å². The van der Waals surface area contributed by atoms with Crippen molar-refractivity contribution in [1.82, 2.24) is 4.90 Å². The molecule has 23 heavy (non-hydrogen) atoms.